The summed E-state index contributed by atoms with van der Waals surface area (Å²) >= 11 is 11.0. The number of carbonyl (C=O) groups is 2. The molecule has 0 unspecified atom stereocenters. The molecule has 1 rings (SSSR count). The molecule has 1 aromatic rings. The Hall–Kier alpha value is -0.860. The van der Waals surface area contributed by atoms with Crippen LogP contribution in [-0.4, -0.2) is 10.5 Å². The second-order valence-corrected chi connectivity index (χ2v) is 4.92. The molecule has 98 valence electrons. The molecule has 18 heavy (non-hydrogen) atoms. The molecule has 0 atom stereocenters. The van der Waals surface area contributed by atoms with Crippen molar-refractivity contribution in [2.24, 2.45) is 0 Å². The molecule has 0 heterocycles. The van der Waals surface area contributed by atoms with E-state index < -0.39 is 10.5 Å². The molecule has 0 saturated heterocycles. The van der Waals surface area contributed by atoms with Crippen LogP contribution in [0, 0.1) is 0 Å². The molecule has 0 fully saturated rings. The summed E-state index contributed by atoms with van der Waals surface area (Å²) in [7, 11) is 0. The lowest BCUT2D eigenvalue weighted by molar-refractivity contribution is 0.106. The predicted octanol–water partition coefficient (Wildman–Crippen LogP) is 4.57. The number of halogens is 2. The topological polar surface area (TPSA) is 34.1 Å². The summed E-state index contributed by atoms with van der Waals surface area (Å²) in [6, 6.07) is 4.76. The van der Waals surface area contributed by atoms with Crippen LogP contribution in [0.1, 0.15) is 58.9 Å². The summed E-state index contributed by atoms with van der Waals surface area (Å²) in [5.41, 5.74) is 1.68. The largest absolute Gasteiger partial charge is 0.276 e. The van der Waals surface area contributed by atoms with E-state index in [-0.39, 0.29) is 0 Å². The highest BCUT2D eigenvalue weighted by molar-refractivity contribution is 6.68. The van der Waals surface area contributed by atoms with Gasteiger partial charge in [0.2, 0.25) is 0 Å². The lowest BCUT2D eigenvalue weighted by Gasteiger charge is -2.07. The molecule has 0 amide bonds. The Morgan fingerprint density at radius 1 is 1.06 bits per heavy atom. The zero-order valence-corrected chi connectivity index (χ0v) is 11.9. The minimum atomic E-state index is -0.515. The normalized spacial score (nSPS) is 10.4. The van der Waals surface area contributed by atoms with E-state index in [1.165, 1.54) is 6.07 Å². The smallest absolute Gasteiger partial charge is 0.252 e. The Morgan fingerprint density at radius 2 is 1.78 bits per heavy atom. The van der Waals surface area contributed by atoms with Crippen molar-refractivity contribution >= 4 is 33.7 Å². The monoisotopic (exact) mass is 286 g/mol. The Labute approximate surface area is 117 Å². The quantitative estimate of drug-likeness (QED) is 0.544. The van der Waals surface area contributed by atoms with Crippen LogP contribution in [0.15, 0.2) is 18.2 Å². The van der Waals surface area contributed by atoms with Crippen molar-refractivity contribution in [3.8, 4) is 0 Å². The molecule has 4 heteroatoms. The minimum Gasteiger partial charge on any atom is -0.276 e. The molecular weight excluding hydrogens is 271 g/mol. The Balaban J connectivity index is 2.86. The molecule has 0 aliphatic rings. The third-order valence-corrected chi connectivity index (χ3v) is 3.27. The fourth-order valence-electron chi connectivity index (χ4n) is 1.86. The third-order valence-electron chi connectivity index (χ3n) is 2.84. The number of carbonyl (C=O) groups excluding carboxylic acids is 2. The lowest BCUT2D eigenvalue weighted by Crippen LogP contribution is -2.01. The molecule has 0 radical (unpaired) electrons. The Bertz CT molecular complexity index is 441. The van der Waals surface area contributed by atoms with Crippen molar-refractivity contribution < 1.29 is 9.59 Å². The highest BCUT2D eigenvalue weighted by Gasteiger charge is 2.12. The summed E-state index contributed by atoms with van der Waals surface area (Å²) < 4.78 is 0. The van der Waals surface area contributed by atoms with Gasteiger partial charge >= 0.3 is 0 Å². The summed E-state index contributed by atoms with van der Waals surface area (Å²) in [6.45, 7) is 2.14. The fraction of sp³-hybridized carbons (Fsp3) is 0.429. The first kappa shape index (κ1) is 15.2. The van der Waals surface area contributed by atoms with Crippen molar-refractivity contribution in [1.29, 1.82) is 0 Å². The third kappa shape index (κ3) is 4.43. The molecule has 0 saturated carbocycles. The molecule has 0 aliphatic heterocycles. The van der Waals surface area contributed by atoms with Gasteiger partial charge in [-0.25, -0.2) is 0 Å². The van der Waals surface area contributed by atoms with Crippen molar-refractivity contribution in [2.45, 2.75) is 39.0 Å². The van der Waals surface area contributed by atoms with Crippen LogP contribution in [-0.2, 0) is 6.42 Å². The Morgan fingerprint density at radius 3 is 2.33 bits per heavy atom. The zero-order valence-electron chi connectivity index (χ0n) is 10.3. The number of rotatable bonds is 7. The van der Waals surface area contributed by atoms with Crippen LogP contribution < -0.4 is 0 Å². The van der Waals surface area contributed by atoms with E-state index in [0.29, 0.717) is 11.1 Å². The second-order valence-electron chi connectivity index (χ2n) is 4.23. The summed E-state index contributed by atoms with van der Waals surface area (Å²) in [5.74, 6) is 0. The van der Waals surface area contributed by atoms with Crippen LogP contribution in [0.2, 0.25) is 0 Å². The summed E-state index contributed by atoms with van der Waals surface area (Å²) in [6.07, 6.45) is 5.14. The van der Waals surface area contributed by atoms with Gasteiger partial charge in [0.1, 0.15) is 0 Å². The number of hydrogen-bond acceptors (Lipinski definition) is 2. The van der Waals surface area contributed by atoms with Crippen molar-refractivity contribution in [3.05, 3.63) is 34.9 Å². The Kier molecular flexibility index (Phi) is 6.37. The van der Waals surface area contributed by atoms with E-state index >= 15 is 0 Å². The van der Waals surface area contributed by atoms with Gasteiger partial charge in [-0.3, -0.25) is 9.59 Å². The van der Waals surface area contributed by atoms with Crippen LogP contribution in [0.5, 0.6) is 0 Å². The van der Waals surface area contributed by atoms with Gasteiger partial charge in [-0.2, -0.15) is 0 Å². The van der Waals surface area contributed by atoms with E-state index in [2.05, 4.69) is 6.92 Å². The van der Waals surface area contributed by atoms with Gasteiger partial charge in [-0.15, -0.1) is 0 Å². The summed E-state index contributed by atoms with van der Waals surface area (Å²) in [4.78, 5) is 22.4. The van der Waals surface area contributed by atoms with Crippen LogP contribution in [0.3, 0.4) is 0 Å². The van der Waals surface area contributed by atoms with Gasteiger partial charge in [0.25, 0.3) is 10.5 Å². The molecule has 0 aliphatic carbocycles. The van der Waals surface area contributed by atoms with Crippen molar-refractivity contribution in [3.63, 3.8) is 0 Å². The molecular formula is C14H16Cl2O2. The number of hydrogen-bond donors (Lipinski definition) is 0. The van der Waals surface area contributed by atoms with Crippen molar-refractivity contribution in [1.82, 2.24) is 0 Å². The first-order valence-electron chi connectivity index (χ1n) is 6.08. The first-order chi connectivity index (χ1) is 8.56. The SMILES string of the molecule is CCCCCCc1cc(C(=O)Cl)ccc1C(=O)Cl. The molecule has 0 N–H and O–H groups in total. The maximum atomic E-state index is 11.3. The van der Waals surface area contributed by atoms with Crippen LogP contribution in [0.25, 0.3) is 0 Å². The van der Waals surface area contributed by atoms with Gasteiger partial charge in [-0.1, -0.05) is 26.2 Å². The van der Waals surface area contributed by atoms with Crippen molar-refractivity contribution in [2.75, 3.05) is 0 Å². The van der Waals surface area contributed by atoms with Gasteiger partial charge in [0.15, 0.2) is 0 Å². The van der Waals surface area contributed by atoms with E-state index in [1.807, 2.05) is 0 Å². The zero-order chi connectivity index (χ0) is 13.5. The van der Waals surface area contributed by atoms with Gasteiger partial charge in [0.05, 0.1) is 0 Å². The molecule has 0 spiro atoms. The van der Waals surface area contributed by atoms with Crippen LogP contribution >= 0.6 is 23.2 Å². The van der Waals surface area contributed by atoms with Gasteiger partial charge < -0.3 is 0 Å². The second kappa shape index (κ2) is 7.55. The molecule has 2 nitrogen and oxygen atoms in total. The standard InChI is InChI=1S/C14H16Cl2O2/c1-2-3-4-5-6-10-9-11(13(15)17)7-8-12(10)14(16)18/h7-9H,2-6H2,1H3. The number of benzene rings is 1. The highest BCUT2D eigenvalue weighted by atomic mass is 35.5. The van der Waals surface area contributed by atoms with E-state index in [1.54, 1.807) is 12.1 Å². The average Bonchev–Trinajstić information content (AvgIpc) is 2.34. The number of unbranched alkanes of at least 4 members (excludes halogenated alkanes) is 3. The maximum Gasteiger partial charge on any atom is 0.252 e. The van der Waals surface area contributed by atoms with Crippen LogP contribution in [0.4, 0.5) is 0 Å². The summed E-state index contributed by atoms with van der Waals surface area (Å²) in [5, 5.41) is -1.01. The minimum absolute atomic E-state index is 0.406. The van der Waals surface area contributed by atoms with Gasteiger partial charge in [-0.05, 0) is 59.8 Å². The molecule has 1 aromatic carbocycles. The fourth-order valence-corrected chi connectivity index (χ4v) is 2.16. The molecule has 0 bridgehead atoms. The van der Waals surface area contributed by atoms with Gasteiger partial charge in [0, 0.05) is 11.1 Å². The number of aryl methyl sites for hydroxylation is 1. The maximum absolute atomic E-state index is 11.3. The average molecular weight is 287 g/mol. The first-order valence-corrected chi connectivity index (χ1v) is 6.84. The lowest BCUT2D eigenvalue weighted by atomic mass is 9.99. The highest BCUT2D eigenvalue weighted by Crippen LogP contribution is 2.19. The van der Waals surface area contributed by atoms with E-state index in [0.717, 1.165) is 37.7 Å². The predicted molar refractivity (Wildman–Crippen MR) is 74.7 cm³/mol. The molecule has 0 aromatic heterocycles. The van der Waals surface area contributed by atoms with E-state index in [4.69, 9.17) is 23.2 Å². The van der Waals surface area contributed by atoms with E-state index in [9.17, 15) is 9.59 Å².